The average molecular weight is 483 g/mol. The van der Waals surface area contributed by atoms with E-state index in [1.807, 2.05) is 43.4 Å². The van der Waals surface area contributed by atoms with E-state index in [-0.39, 0.29) is 5.91 Å². The highest BCUT2D eigenvalue weighted by Crippen LogP contribution is 2.27. The lowest BCUT2D eigenvalue weighted by atomic mass is 10.1. The quantitative estimate of drug-likeness (QED) is 0.507. The normalized spacial score (nSPS) is 10.4. The van der Waals surface area contributed by atoms with Crippen molar-refractivity contribution in [1.29, 1.82) is 0 Å². The third-order valence-corrected chi connectivity index (χ3v) is 5.52. The summed E-state index contributed by atoms with van der Waals surface area (Å²) in [5.74, 6) is 2.36. The molecule has 0 aliphatic heterocycles. The minimum absolute atomic E-state index is 0.133. The monoisotopic (exact) mass is 483 g/mol. The molecule has 6 heteroatoms. The molecular formula is C21H26INO4. The number of carbonyl (C=O) groups excluding carboxylic acids is 1. The van der Waals surface area contributed by atoms with E-state index in [0.29, 0.717) is 30.9 Å². The van der Waals surface area contributed by atoms with Gasteiger partial charge in [-0.2, -0.15) is 0 Å². The van der Waals surface area contributed by atoms with Crippen LogP contribution in [0.1, 0.15) is 17.5 Å². The number of halogens is 1. The van der Waals surface area contributed by atoms with Crippen LogP contribution >= 0.6 is 22.6 Å². The van der Waals surface area contributed by atoms with Crippen molar-refractivity contribution in [3.8, 4) is 17.2 Å². The van der Waals surface area contributed by atoms with Crippen LogP contribution in [0.2, 0.25) is 0 Å². The molecule has 0 unspecified atom stereocenters. The number of ether oxygens (including phenoxy) is 3. The summed E-state index contributed by atoms with van der Waals surface area (Å²) in [6.45, 7) is 0.656. The number of nitrogens with zero attached hydrogens (tertiary/aromatic N) is 1. The first kappa shape index (κ1) is 21.3. The summed E-state index contributed by atoms with van der Waals surface area (Å²) in [5, 5.41) is 0. The molecule has 0 saturated carbocycles. The third-order valence-electron chi connectivity index (χ3n) is 4.47. The Balaban J connectivity index is 1.89. The molecular weight excluding hydrogens is 457 g/mol. The minimum Gasteiger partial charge on any atom is -0.497 e. The molecule has 5 nitrogen and oxygen atoms in total. The average Bonchev–Trinajstić information content (AvgIpc) is 2.70. The Morgan fingerprint density at radius 1 is 0.963 bits per heavy atom. The highest BCUT2D eigenvalue weighted by molar-refractivity contribution is 14.1. The predicted molar refractivity (Wildman–Crippen MR) is 115 cm³/mol. The van der Waals surface area contributed by atoms with Gasteiger partial charge in [0.05, 0.1) is 21.3 Å². The van der Waals surface area contributed by atoms with Crippen molar-refractivity contribution in [3.63, 3.8) is 0 Å². The fourth-order valence-corrected chi connectivity index (χ4v) is 3.36. The number of rotatable bonds is 9. The summed E-state index contributed by atoms with van der Waals surface area (Å²) in [7, 11) is 6.74. The Morgan fingerprint density at radius 3 is 2.37 bits per heavy atom. The molecule has 0 atom stereocenters. The van der Waals surface area contributed by atoms with Gasteiger partial charge >= 0.3 is 0 Å². The molecule has 0 spiro atoms. The molecule has 2 rings (SSSR count). The van der Waals surface area contributed by atoms with Gasteiger partial charge in [0, 0.05) is 23.6 Å². The summed E-state index contributed by atoms with van der Waals surface area (Å²) in [6, 6.07) is 11.8. The standard InChI is InChI=1S/C21H26INO4/c1-23(12-11-15-5-9-19(26-3)20(13-15)27-4)21(24)10-6-16-14-17(25-2)7-8-18(16)22/h5,7-9,13-14H,6,10-12H2,1-4H3. The molecule has 0 aliphatic carbocycles. The Morgan fingerprint density at radius 2 is 1.70 bits per heavy atom. The zero-order valence-electron chi connectivity index (χ0n) is 16.3. The fourth-order valence-electron chi connectivity index (χ4n) is 2.76. The van der Waals surface area contributed by atoms with Gasteiger partial charge in [0.2, 0.25) is 5.91 Å². The first-order chi connectivity index (χ1) is 13.0. The molecule has 146 valence electrons. The van der Waals surface area contributed by atoms with Crippen LogP contribution in [0.4, 0.5) is 0 Å². The molecule has 0 aliphatic rings. The number of hydrogen-bond donors (Lipinski definition) is 0. The molecule has 27 heavy (non-hydrogen) atoms. The van der Waals surface area contributed by atoms with E-state index in [9.17, 15) is 4.79 Å². The van der Waals surface area contributed by atoms with Crippen LogP contribution in [0.5, 0.6) is 17.2 Å². The van der Waals surface area contributed by atoms with Crippen molar-refractivity contribution in [1.82, 2.24) is 4.90 Å². The van der Waals surface area contributed by atoms with Crippen LogP contribution in [-0.4, -0.2) is 45.7 Å². The lowest BCUT2D eigenvalue weighted by molar-refractivity contribution is -0.129. The molecule has 0 bridgehead atoms. The molecule has 0 aromatic heterocycles. The summed E-state index contributed by atoms with van der Waals surface area (Å²) >= 11 is 2.29. The Kier molecular flexibility index (Phi) is 8.22. The van der Waals surface area contributed by atoms with E-state index in [2.05, 4.69) is 22.6 Å². The molecule has 0 saturated heterocycles. The third kappa shape index (κ3) is 6.02. The van der Waals surface area contributed by atoms with Gasteiger partial charge in [-0.15, -0.1) is 0 Å². The maximum Gasteiger partial charge on any atom is 0.222 e. The number of hydrogen-bond acceptors (Lipinski definition) is 4. The lowest BCUT2D eigenvalue weighted by Crippen LogP contribution is -2.29. The summed E-state index contributed by atoms with van der Waals surface area (Å²) in [6.07, 6.45) is 1.94. The van der Waals surface area contributed by atoms with Crippen LogP contribution in [0.25, 0.3) is 0 Å². The lowest BCUT2D eigenvalue weighted by Gasteiger charge is -2.18. The first-order valence-electron chi connectivity index (χ1n) is 8.75. The minimum atomic E-state index is 0.133. The van der Waals surface area contributed by atoms with Gasteiger partial charge in [-0.1, -0.05) is 6.07 Å². The van der Waals surface area contributed by atoms with E-state index < -0.39 is 0 Å². The molecule has 0 heterocycles. The first-order valence-corrected chi connectivity index (χ1v) is 9.83. The number of carbonyl (C=O) groups is 1. The Hall–Kier alpha value is -1.96. The van der Waals surface area contributed by atoms with Crippen molar-refractivity contribution < 1.29 is 19.0 Å². The smallest absolute Gasteiger partial charge is 0.222 e. The van der Waals surface area contributed by atoms with E-state index in [0.717, 1.165) is 26.9 Å². The van der Waals surface area contributed by atoms with Crippen LogP contribution in [0.3, 0.4) is 0 Å². The second-order valence-electron chi connectivity index (χ2n) is 6.21. The van der Waals surface area contributed by atoms with Gasteiger partial charge < -0.3 is 19.1 Å². The van der Waals surface area contributed by atoms with Gasteiger partial charge in [0.15, 0.2) is 11.5 Å². The predicted octanol–water partition coefficient (Wildman–Crippen LogP) is 3.95. The van der Waals surface area contributed by atoms with Crippen molar-refractivity contribution in [3.05, 3.63) is 51.1 Å². The molecule has 0 radical (unpaired) electrons. The maximum atomic E-state index is 12.5. The van der Waals surface area contributed by atoms with Crippen molar-refractivity contribution in [2.75, 3.05) is 34.9 Å². The molecule has 2 aromatic carbocycles. The number of methoxy groups -OCH3 is 3. The van der Waals surface area contributed by atoms with Crippen LogP contribution in [0.15, 0.2) is 36.4 Å². The SMILES string of the molecule is COc1ccc(I)c(CCC(=O)N(C)CCc2ccc(OC)c(OC)c2)c1. The second-order valence-corrected chi connectivity index (χ2v) is 7.37. The molecule has 2 aromatic rings. The largest absolute Gasteiger partial charge is 0.497 e. The topological polar surface area (TPSA) is 48.0 Å². The molecule has 0 fully saturated rings. The van der Waals surface area contributed by atoms with Crippen molar-refractivity contribution >= 4 is 28.5 Å². The van der Waals surface area contributed by atoms with Crippen LogP contribution in [0, 0.1) is 3.57 Å². The zero-order valence-corrected chi connectivity index (χ0v) is 18.4. The fraction of sp³-hybridized carbons (Fsp3) is 0.381. The van der Waals surface area contributed by atoms with Gasteiger partial charge in [-0.25, -0.2) is 0 Å². The van der Waals surface area contributed by atoms with Gasteiger partial charge in [-0.05, 0) is 76.9 Å². The van der Waals surface area contributed by atoms with E-state index in [1.165, 1.54) is 0 Å². The zero-order chi connectivity index (χ0) is 19.8. The maximum absolute atomic E-state index is 12.5. The van der Waals surface area contributed by atoms with Gasteiger partial charge in [0.1, 0.15) is 5.75 Å². The summed E-state index contributed by atoms with van der Waals surface area (Å²) in [5.41, 5.74) is 2.24. The molecule has 0 N–H and O–H groups in total. The van der Waals surface area contributed by atoms with Crippen LogP contribution in [-0.2, 0) is 17.6 Å². The summed E-state index contributed by atoms with van der Waals surface area (Å²) in [4.78, 5) is 14.3. The highest BCUT2D eigenvalue weighted by atomic mass is 127. The molecule has 1 amide bonds. The van der Waals surface area contributed by atoms with Crippen LogP contribution < -0.4 is 14.2 Å². The number of amides is 1. The van der Waals surface area contributed by atoms with Gasteiger partial charge in [-0.3, -0.25) is 4.79 Å². The summed E-state index contributed by atoms with van der Waals surface area (Å²) < 4.78 is 17.0. The van der Waals surface area contributed by atoms with E-state index in [1.54, 1.807) is 26.2 Å². The van der Waals surface area contributed by atoms with E-state index in [4.69, 9.17) is 14.2 Å². The second kappa shape index (κ2) is 10.4. The Bertz CT molecular complexity index is 779. The van der Waals surface area contributed by atoms with Gasteiger partial charge in [0.25, 0.3) is 0 Å². The number of benzene rings is 2. The highest BCUT2D eigenvalue weighted by Gasteiger charge is 2.12. The van der Waals surface area contributed by atoms with Crippen molar-refractivity contribution in [2.45, 2.75) is 19.3 Å². The Labute approximate surface area is 174 Å². The van der Waals surface area contributed by atoms with Crippen molar-refractivity contribution in [2.24, 2.45) is 0 Å². The number of aryl methyl sites for hydroxylation is 1. The number of likely N-dealkylation sites (N-methyl/N-ethyl adjacent to an activating group) is 1. The van der Waals surface area contributed by atoms with E-state index >= 15 is 0 Å².